The Kier molecular flexibility index (Phi) is 7.73. The Bertz CT molecular complexity index is 571. The number of para-hydroxylation sites is 1. The highest BCUT2D eigenvalue weighted by Gasteiger charge is 2.24. The maximum absolute atomic E-state index is 12.9. The Hall–Kier alpha value is -2.08. The Morgan fingerprint density at radius 1 is 1.20 bits per heavy atom. The van der Waals surface area contributed by atoms with Crippen LogP contribution in [0.2, 0.25) is 0 Å². The van der Waals surface area contributed by atoms with Crippen LogP contribution < -0.4 is 10.6 Å². The summed E-state index contributed by atoms with van der Waals surface area (Å²) in [6.07, 6.45) is 6.45. The summed E-state index contributed by atoms with van der Waals surface area (Å²) in [6.45, 7) is 1.12. The summed E-state index contributed by atoms with van der Waals surface area (Å²) in [5.74, 6) is -0.0396. The van der Waals surface area contributed by atoms with Crippen LogP contribution in [-0.2, 0) is 4.74 Å². The van der Waals surface area contributed by atoms with Crippen LogP contribution >= 0.6 is 0 Å². The zero-order valence-electron chi connectivity index (χ0n) is 15.2. The number of nitrogens with zero attached hydrogens (tertiary/aromatic N) is 1. The molecule has 0 aliphatic heterocycles. The first-order valence-corrected chi connectivity index (χ1v) is 9.03. The van der Waals surface area contributed by atoms with Gasteiger partial charge in [0.15, 0.2) is 0 Å². The molecular weight excluding hydrogens is 318 g/mol. The van der Waals surface area contributed by atoms with E-state index in [2.05, 4.69) is 10.6 Å². The molecule has 0 unspecified atom stereocenters. The number of methoxy groups -OCH3 is 1. The zero-order chi connectivity index (χ0) is 18.1. The summed E-state index contributed by atoms with van der Waals surface area (Å²) in [4.78, 5) is 26.7. The predicted molar refractivity (Wildman–Crippen MR) is 98.9 cm³/mol. The van der Waals surface area contributed by atoms with Crippen LogP contribution in [0.5, 0.6) is 0 Å². The standard InChI is InChI=1S/C19H29N3O3/c1-22(15-9-4-3-5-10-15)18(23)16-11-6-7-12-17(16)21-19(24)20-13-8-14-25-2/h6-7,11-12,15H,3-5,8-10,13-14H2,1-2H3,(H2,20,21,24). The lowest BCUT2D eigenvalue weighted by Gasteiger charge is -2.31. The third-order valence-corrected chi connectivity index (χ3v) is 4.66. The van der Waals surface area contributed by atoms with Crippen molar-refractivity contribution >= 4 is 17.6 Å². The van der Waals surface area contributed by atoms with Crippen LogP contribution in [0.4, 0.5) is 10.5 Å². The molecule has 2 N–H and O–H groups in total. The highest BCUT2D eigenvalue weighted by molar-refractivity contribution is 6.03. The average molecular weight is 347 g/mol. The highest BCUT2D eigenvalue weighted by atomic mass is 16.5. The van der Waals surface area contributed by atoms with Gasteiger partial charge in [0, 0.05) is 33.4 Å². The van der Waals surface area contributed by atoms with E-state index in [9.17, 15) is 9.59 Å². The van der Waals surface area contributed by atoms with E-state index in [-0.39, 0.29) is 18.0 Å². The molecule has 1 aromatic carbocycles. The van der Waals surface area contributed by atoms with Crippen LogP contribution in [0.15, 0.2) is 24.3 Å². The van der Waals surface area contributed by atoms with E-state index in [0.717, 1.165) is 19.3 Å². The number of rotatable bonds is 7. The third-order valence-electron chi connectivity index (χ3n) is 4.66. The number of hydrogen-bond donors (Lipinski definition) is 2. The molecule has 1 aliphatic rings. The normalized spacial score (nSPS) is 14.8. The topological polar surface area (TPSA) is 70.7 Å². The van der Waals surface area contributed by atoms with E-state index < -0.39 is 0 Å². The van der Waals surface area contributed by atoms with E-state index in [0.29, 0.717) is 24.4 Å². The third kappa shape index (κ3) is 5.74. The second-order valence-corrected chi connectivity index (χ2v) is 6.48. The van der Waals surface area contributed by atoms with E-state index in [1.54, 1.807) is 19.2 Å². The van der Waals surface area contributed by atoms with Gasteiger partial charge in [-0.1, -0.05) is 31.4 Å². The molecule has 6 heteroatoms. The lowest BCUT2D eigenvalue weighted by Crippen LogP contribution is -2.39. The predicted octanol–water partition coefficient (Wildman–Crippen LogP) is 3.25. The molecule has 0 aromatic heterocycles. The number of urea groups is 1. The van der Waals surface area contributed by atoms with Crippen LogP contribution in [0.25, 0.3) is 0 Å². The van der Waals surface area contributed by atoms with Gasteiger partial charge in [-0.3, -0.25) is 4.79 Å². The number of benzene rings is 1. The largest absolute Gasteiger partial charge is 0.385 e. The number of ether oxygens (including phenoxy) is 1. The van der Waals surface area contributed by atoms with Gasteiger partial charge in [0.05, 0.1) is 11.3 Å². The first-order valence-electron chi connectivity index (χ1n) is 9.03. The molecule has 0 atom stereocenters. The van der Waals surface area contributed by atoms with E-state index >= 15 is 0 Å². The SMILES string of the molecule is COCCCNC(=O)Nc1ccccc1C(=O)N(C)C1CCCCC1. The molecule has 1 aliphatic carbocycles. The molecular formula is C19H29N3O3. The van der Waals surface area contributed by atoms with Crippen molar-refractivity contribution in [1.29, 1.82) is 0 Å². The Morgan fingerprint density at radius 3 is 2.64 bits per heavy atom. The van der Waals surface area contributed by atoms with Gasteiger partial charge in [-0.2, -0.15) is 0 Å². The molecule has 0 radical (unpaired) electrons. The number of anilines is 1. The van der Waals surface area contributed by atoms with Crippen LogP contribution in [-0.4, -0.2) is 50.2 Å². The molecule has 1 saturated carbocycles. The van der Waals surface area contributed by atoms with Gasteiger partial charge in [0.25, 0.3) is 5.91 Å². The maximum atomic E-state index is 12.9. The molecule has 138 valence electrons. The molecule has 1 fully saturated rings. The van der Waals surface area contributed by atoms with Crippen molar-refractivity contribution < 1.29 is 14.3 Å². The minimum absolute atomic E-state index is 0.0396. The molecule has 0 saturated heterocycles. The quantitative estimate of drug-likeness (QED) is 0.744. The minimum atomic E-state index is -0.309. The number of amides is 3. The average Bonchev–Trinajstić information content (AvgIpc) is 2.65. The van der Waals surface area contributed by atoms with Crippen molar-refractivity contribution in [2.75, 3.05) is 32.6 Å². The summed E-state index contributed by atoms with van der Waals surface area (Å²) in [5, 5.41) is 5.56. The number of carbonyl (C=O) groups is 2. The molecule has 0 spiro atoms. The van der Waals surface area contributed by atoms with Crippen molar-refractivity contribution in [1.82, 2.24) is 10.2 Å². The second-order valence-electron chi connectivity index (χ2n) is 6.48. The van der Waals surface area contributed by atoms with E-state index in [1.807, 2.05) is 24.1 Å². The van der Waals surface area contributed by atoms with Gasteiger partial charge >= 0.3 is 6.03 Å². The van der Waals surface area contributed by atoms with Crippen molar-refractivity contribution in [3.05, 3.63) is 29.8 Å². The van der Waals surface area contributed by atoms with Crippen LogP contribution in [0.3, 0.4) is 0 Å². The van der Waals surface area contributed by atoms with Gasteiger partial charge in [-0.15, -0.1) is 0 Å². The molecule has 2 rings (SSSR count). The van der Waals surface area contributed by atoms with Crippen molar-refractivity contribution in [3.63, 3.8) is 0 Å². The lowest BCUT2D eigenvalue weighted by atomic mass is 9.94. The summed E-state index contributed by atoms with van der Waals surface area (Å²) >= 11 is 0. The molecule has 25 heavy (non-hydrogen) atoms. The summed E-state index contributed by atoms with van der Waals surface area (Å²) < 4.78 is 4.95. The van der Waals surface area contributed by atoms with Gasteiger partial charge in [-0.25, -0.2) is 4.79 Å². The Balaban J connectivity index is 1.98. The monoisotopic (exact) mass is 347 g/mol. The molecule has 6 nitrogen and oxygen atoms in total. The molecule has 0 bridgehead atoms. The molecule has 3 amide bonds. The van der Waals surface area contributed by atoms with Gasteiger partial charge < -0.3 is 20.3 Å². The fourth-order valence-electron chi connectivity index (χ4n) is 3.19. The van der Waals surface area contributed by atoms with Gasteiger partial charge in [0.1, 0.15) is 0 Å². The summed E-state index contributed by atoms with van der Waals surface area (Å²) in [6, 6.07) is 7.15. The molecule has 1 aromatic rings. The van der Waals surface area contributed by atoms with Gasteiger partial charge in [0.2, 0.25) is 0 Å². The van der Waals surface area contributed by atoms with Crippen molar-refractivity contribution in [2.45, 2.75) is 44.6 Å². The van der Waals surface area contributed by atoms with Crippen molar-refractivity contribution in [3.8, 4) is 0 Å². The fraction of sp³-hybridized carbons (Fsp3) is 0.579. The van der Waals surface area contributed by atoms with E-state index in [4.69, 9.17) is 4.74 Å². The highest BCUT2D eigenvalue weighted by Crippen LogP contribution is 2.24. The minimum Gasteiger partial charge on any atom is -0.385 e. The Morgan fingerprint density at radius 2 is 1.92 bits per heavy atom. The maximum Gasteiger partial charge on any atom is 0.319 e. The van der Waals surface area contributed by atoms with Gasteiger partial charge in [-0.05, 0) is 31.4 Å². The first-order chi connectivity index (χ1) is 12.1. The number of hydrogen-bond acceptors (Lipinski definition) is 3. The number of carbonyl (C=O) groups excluding carboxylic acids is 2. The Labute approximate surface area is 149 Å². The first kappa shape index (κ1) is 19.2. The molecule has 0 heterocycles. The number of nitrogens with one attached hydrogen (secondary N) is 2. The fourth-order valence-corrected chi connectivity index (χ4v) is 3.19. The second kappa shape index (κ2) is 10.0. The summed E-state index contributed by atoms with van der Waals surface area (Å²) in [5.41, 5.74) is 1.07. The zero-order valence-corrected chi connectivity index (χ0v) is 15.2. The lowest BCUT2D eigenvalue weighted by molar-refractivity contribution is 0.0697. The van der Waals surface area contributed by atoms with E-state index in [1.165, 1.54) is 19.3 Å². The van der Waals surface area contributed by atoms with Crippen molar-refractivity contribution in [2.24, 2.45) is 0 Å². The van der Waals surface area contributed by atoms with Crippen LogP contribution in [0.1, 0.15) is 48.9 Å². The smallest absolute Gasteiger partial charge is 0.319 e. The van der Waals surface area contributed by atoms with Crippen LogP contribution in [0, 0.1) is 0 Å². The summed E-state index contributed by atoms with van der Waals surface area (Å²) in [7, 11) is 3.49.